The molecule has 0 aliphatic carbocycles. The summed E-state index contributed by atoms with van der Waals surface area (Å²) in [7, 11) is 0. The monoisotopic (exact) mass is 494 g/mol. The molecule has 1 N–H and O–H groups in total. The normalized spacial score (nSPS) is 14.2. The van der Waals surface area contributed by atoms with Crippen LogP contribution in [0, 0.1) is 0 Å². The largest absolute Gasteiger partial charge is 0.462 e. The number of imide groups is 1. The quantitative estimate of drug-likeness (QED) is 0.251. The van der Waals surface area contributed by atoms with Gasteiger partial charge in [0.05, 0.1) is 28.5 Å². The molecule has 3 aromatic carbocycles. The molecule has 5 rings (SSSR count). The first kappa shape index (κ1) is 23.4. The van der Waals surface area contributed by atoms with Gasteiger partial charge in [-0.2, -0.15) is 0 Å². The molecule has 4 aromatic rings. The minimum atomic E-state index is -0.406. The molecule has 0 unspecified atom stereocenters. The molecule has 1 aromatic heterocycles. The Hall–Kier alpha value is -4.36. The van der Waals surface area contributed by atoms with Crippen LogP contribution in [0.4, 0.5) is 4.79 Å². The maximum absolute atomic E-state index is 12.4. The summed E-state index contributed by atoms with van der Waals surface area (Å²) in [6, 6.07) is 29.0. The first-order chi connectivity index (χ1) is 17.5. The Morgan fingerprint density at radius 2 is 1.56 bits per heavy atom. The van der Waals surface area contributed by atoms with Gasteiger partial charge in [0, 0.05) is 11.3 Å². The predicted molar refractivity (Wildman–Crippen MR) is 142 cm³/mol. The molecule has 0 atom stereocenters. The van der Waals surface area contributed by atoms with E-state index in [0.717, 1.165) is 45.5 Å². The lowest BCUT2D eigenvalue weighted by atomic mass is 10.1. The molecular formula is C29H22N2O4S. The number of nitrogens with zero attached hydrogens (tertiary/aromatic N) is 1. The van der Waals surface area contributed by atoms with Gasteiger partial charge in [0.15, 0.2) is 0 Å². The smallest absolute Gasteiger partial charge is 0.338 e. The van der Waals surface area contributed by atoms with E-state index in [1.165, 1.54) is 0 Å². The SMILES string of the molecule is CCOC(=O)c1ccc(-n2c(-c3ccccc3)cc(/C=C3/SC(=O)NC3=O)c2-c2ccccc2)cc1. The van der Waals surface area contributed by atoms with Gasteiger partial charge in [-0.15, -0.1) is 0 Å². The molecule has 0 spiro atoms. The van der Waals surface area contributed by atoms with E-state index in [4.69, 9.17) is 4.74 Å². The maximum atomic E-state index is 12.4. The van der Waals surface area contributed by atoms with Crippen molar-refractivity contribution >= 4 is 35.0 Å². The molecule has 2 heterocycles. The van der Waals surface area contributed by atoms with Gasteiger partial charge in [0.1, 0.15) is 0 Å². The van der Waals surface area contributed by atoms with E-state index in [1.807, 2.05) is 78.9 Å². The minimum absolute atomic E-state index is 0.306. The fourth-order valence-electron chi connectivity index (χ4n) is 4.14. The van der Waals surface area contributed by atoms with Crippen molar-refractivity contribution < 1.29 is 19.1 Å². The summed E-state index contributed by atoms with van der Waals surface area (Å²) in [5.41, 5.74) is 5.78. The van der Waals surface area contributed by atoms with E-state index >= 15 is 0 Å². The zero-order valence-electron chi connectivity index (χ0n) is 19.4. The molecule has 1 aliphatic heterocycles. The van der Waals surface area contributed by atoms with Gasteiger partial charge in [-0.05, 0) is 66.2 Å². The van der Waals surface area contributed by atoms with E-state index in [9.17, 15) is 14.4 Å². The molecule has 1 aliphatic rings. The van der Waals surface area contributed by atoms with Crippen LogP contribution < -0.4 is 5.32 Å². The second-order valence-corrected chi connectivity index (χ2v) is 9.04. The summed E-state index contributed by atoms with van der Waals surface area (Å²) in [5, 5.41) is 1.94. The number of thioether (sulfide) groups is 1. The Morgan fingerprint density at radius 1 is 0.917 bits per heavy atom. The molecule has 0 saturated carbocycles. The number of amides is 2. The number of esters is 1. The van der Waals surface area contributed by atoms with E-state index < -0.39 is 5.91 Å². The first-order valence-electron chi connectivity index (χ1n) is 11.4. The van der Waals surface area contributed by atoms with Crippen molar-refractivity contribution in [3.05, 3.63) is 107 Å². The summed E-state index contributed by atoms with van der Waals surface area (Å²) in [4.78, 5) is 36.7. The summed E-state index contributed by atoms with van der Waals surface area (Å²) < 4.78 is 7.24. The fraction of sp³-hybridized carbons (Fsp3) is 0.0690. The van der Waals surface area contributed by atoms with Crippen molar-refractivity contribution in [1.29, 1.82) is 0 Å². The third-order valence-electron chi connectivity index (χ3n) is 5.71. The molecule has 6 nitrogen and oxygen atoms in total. The molecular weight excluding hydrogens is 472 g/mol. The highest BCUT2D eigenvalue weighted by Crippen LogP contribution is 2.38. The first-order valence-corrected chi connectivity index (χ1v) is 12.3. The standard InChI is InChI=1S/C29H22N2O4S/c1-2-35-28(33)21-13-15-23(16-14-21)31-24(19-9-5-3-6-10-19)17-22(18-25-27(32)30-29(34)36-25)26(31)20-11-7-4-8-12-20/h3-18H,2H2,1H3,(H,30,32,34)/b25-18+. The topological polar surface area (TPSA) is 77.4 Å². The number of rotatable bonds is 6. The summed E-state index contributed by atoms with van der Waals surface area (Å²) in [6.07, 6.45) is 1.75. The molecule has 1 fully saturated rings. The molecule has 178 valence electrons. The van der Waals surface area contributed by atoms with Crippen molar-refractivity contribution in [3.63, 3.8) is 0 Å². The van der Waals surface area contributed by atoms with Crippen LogP contribution >= 0.6 is 11.8 Å². The van der Waals surface area contributed by atoms with Crippen LogP contribution in [0.5, 0.6) is 0 Å². The Labute approximate surface area is 212 Å². The Kier molecular flexibility index (Phi) is 6.56. The van der Waals surface area contributed by atoms with E-state index in [-0.39, 0.29) is 11.2 Å². The van der Waals surface area contributed by atoms with Crippen LogP contribution in [0.1, 0.15) is 22.8 Å². The van der Waals surface area contributed by atoms with Crippen LogP contribution in [0.25, 0.3) is 34.3 Å². The van der Waals surface area contributed by atoms with Gasteiger partial charge in [-0.25, -0.2) is 4.79 Å². The van der Waals surface area contributed by atoms with Crippen LogP contribution in [-0.2, 0) is 9.53 Å². The molecule has 0 radical (unpaired) electrons. The highest BCUT2D eigenvalue weighted by molar-refractivity contribution is 8.18. The molecule has 2 amide bonds. The van der Waals surface area contributed by atoms with Crippen molar-refractivity contribution in [2.75, 3.05) is 6.61 Å². The lowest BCUT2D eigenvalue weighted by Crippen LogP contribution is -2.17. The van der Waals surface area contributed by atoms with Gasteiger partial charge in [0.25, 0.3) is 11.1 Å². The number of benzene rings is 3. The summed E-state index contributed by atoms with van der Waals surface area (Å²) in [5.74, 6) is -0.778. The highest BCUT2D eigenvalue weighted by Gasteiger charge is 2.27. The van der Waals surface area contributed by atoms with Crippen LogP contribution in [0.15, 0.2) is 95.9 Å². The van der Waals surface area contributed by atoms with Crippen molar-refractivity contribution in [2.24, 2.45) is 0 Å². The Morgan fingerprint density at radius 3 is 2.14 bits per heavy atom. The van der Waals surface area contributed by atoms with Crippen LogP contribution in [0.3, 0.4) is 0 Å². The molecule has 1 saturated heterocycles. The highest BCUT2D eigenvalue weighted by atomic mass is 32.2. The van der Waals surface area contributed by atoms with Gasteiger partial charge in [0.2, 0.25) is 0 Å². The van der Waals surface area contributed by atoms with E-state index in [2.05, 4.69) is 9.88 Å². The summed E-state index contributed by atoms with van der Waals surface area (Å²) >= 11 is 0.890. The zero-order chi connectivity index (χ0) is 25.1. The number of carbonyl (C=O) groups is 3. The molecule has 0 bridgehead atoms. The molecule has 7 heteroatoms. The number of hydrogen-bond donors (Lipinski definition) is 1. The number of aromatic nitrogens is 1. The fourth-order valence-corrected chi connectivity index (χ4v) is 4.82. The number of nitrogens with one attached hydrogen (secondary N) is 1. The van der Waals surface area contributed by atoms with Gasteiger partial charge in [-0.1, -0.05) is 60.7 Å². The minimum Gasteiger partial charge on any atom is -0.462 e. The average molecular weight is 495 g/mol. The Bertz CT molecular complexity index is 1470. The van der Waals surface area contributed by atoms with E-state index in [1.54, 1.807) is 25.1 Å². The van der Waals surface area contributed by atoms with E-state index in [0.29, 0.717) is 17.1 Å². The van der Waals surface area contributed by atoms with Crippen molar-refractivity contribution in [1.82, 2.24) is 9.88 Å². The van der Waals surface area contributed by atoms with Crippen molar-refractivity contribution in [2.45, 2.75) is 6.92 Å². The predicted octanol–water partition coefficient (Wildman–Crippen LogP) is 6.31. The second kappa shape index (κ2) is 10.1. The van der Waals surface area contributed by atoms with Gasteiger partial charge >= 0.3 is 5.97 Å². The van der Waals surface area contributed by atoms with Crippen LogP contribution in [-0.4, -0.2) is 28.3 Å². The third kappa shape index (κ3) is 4.61. The van der Waals surface area contributed by atoms with Crippen molar-refractivity contribution in [3.8, 4) is 28.2 Å². The van der Waals surface area contributed by atoms with Crippen LogP contribution in [0.2, 0.25) is 0 Å². The third-order valence-corrected chi connectivity index (χ3v) is 6.52. The second-order valence-electron chi connectivity index (χ2n) is 8.02. The van der Waals surface area contributed by atoms with Gasteiger partial charge in [-0.3, -0.25) is 14.9 Å². The lowest BCUT2D eigenvalue weighted by Gasteiger charge is -2.15. The number of carbonyl (C=O) groups excluding carboxylic acids is 3. The summed E-state index contributed by atoms with van der Waals surface area (Å²) in [6.45, 7) is 2.08. The lowest BCUT2D eigenvalue weighted by molar-refractivity contribution is -0.115. The average Bonchev–Trinajstić information content (AvgIpc) is 3.44. The molecule has 36 heavy (non-hydrogen) atoms. The zero-order valence-corrected chi connectivity index (χ0v) is 20.2. The maximum Gasteiger partial charge on any atom is 0.338 e. The Balaban J connectivity index is 1.76. The van der Waals surface area contributed by atoms with Gasteiger partial charge < -0.3 is 9.30 Å². The number of ether oxygens (including phenoxy) is 1. The number of hydrogen-bond acceptors (Lipinski definition) is 5.